The monoisotopic (exact) mass is 237 g/mol. The molecule has 1 amide bonds. The molecule has 4 nitrogen and oxygen atoms in total. The number of carbonyl (C=O) groups is 1. The number of sulfone groups is 1. The number of hydrogen-bond acceptors (Lipinski definition) is 3. The second-order valence-electron chi connectivity index (χ2n) is 3.25. The smallest absolute Gasteiger partial charge is 0.262 e. The lowest BCUT2D eigenvalue weighted by molar-refractivity contribution is -0.116. The fourth-order valence-corrected chi connectivity index (χ4v) is 3.22. The molecule has 0 radical (unpaired) electrons. The Morgan fingerprint density at radius 1 is 1.57 bits per heavy atom. The molecule has 14 heavy (non-hydrogen) atoms. The molecule has 0 bridgehead atoms. The zero-order valence-electron chi connectivity index (χ0n) is 7.62. The van der Waals surface area contributed by atoms with E-state index in [9.17, 15) is 13.2 Å². The molecule has 6 heteroatoms. The number of nitrogens with one attached hydrogen (secondary N) is 1. The lowest BCUT2D eigenvalue weighted by Gasteiger charge is -2.09. The van der Waals surface area contributed by atoms with Crippen LogP contribution in [-0.4, -0.2) is 31.9 Å². The van der Waals surface area contributed by atoms with Crippen LogP contribution in [0.5, 0.6) is 0 Å². The number of carbonyl (C=O) groups excluding carboxylic acids is 1. The maximum atomic E-state index is 11.3. The summed E-state index contributed by atoms with van der Waals surface area (Å²) in [7, 11) is -3.00. The van der Waals surface area contributed by atoms with Crippen molar-refractivity contribution < 1.29 is 13.2 Å². The molecule has 0 aromatic heterocycles. The molecule has 1 fully saturated rings. The predicted molar refractivity (Wildman–Crippen MR) is 54.8 cm³/mol. The minimum atomic E-state index is -3.00. The molecule has 0 spiro atoms. The Morgan fingerprint density at radius 3 is 2.64 bits per heavy atom. The molecule has 1 atom stereocenters. The van der Waals surface area contributed by atoms with E-state index in [1.54, 1.807) is 0 Å². The molecule has 0 aliphatic carbocycles. The van der Waals surface area contributed by atoms with E-state index < -0.39 is 21.0 Å². The van der Waals surface area contributed by atoms with Crippen LogP contribution < -0.4 is 5.32 Å². The first-order valence-corrected chi connectivity index (χ1v) is 6.37. The summed E-state index contributed by atoms with van der Waals surface area (Å²) in [5.41, 5.74) is 0. The highest BCUT2D eigenvalue weighted by molar-refractivity contribution is 7.92. The molecule has 1 unspecified atom stereocenters. The molecular weight excluding hydrogens is 226 g/mol. The molecule has 1 rings (SSSR count). The molecule has 0 saturated carbocycles. The van der Waals surface area contributed by atoms with Crippen LogP contribution in [0.4, 0.5) is 0 Å². The SMILES string of the molecule is C=C(Cl)C(=O)NCC1CCCS1(=O)=O. The third-order valence-corrected chi connectivity index (χ3v) is 4.65. The fraction of sp³-hybridized carbons (Fsp3) is 0.625. The van der Waals surface area contributed by atoms with E-state index in [4.69, 9.17) is 11.6 Å². The molecule has 80 valence electrons. The van der Waals surface area contributed by atoms with Crippen molar-refractivity contribution in [2.75, 3.05) is 12.3 Å². The van der Waals surface area contributed by atoms with Gasteiger partial charge in [-0.3, -0.25) is 4.79 Å². The Hall–Kier alpha value is -0.550. The molecule has 1 aliphatic rings. The van der Waals surface area contributed by atoms with Gasteiger partial charge < -0.3 is 5.32 Å². The largest absolute Gasteiger partial charge is 0.350 e. The number of hydrogen-bond donors (Lipinski definition) is 1. The van der Waals surface area contributed by atoms with Crippen molar-refractivity contribution in [1.29, 1.82) is 0 Å². The van der Waals surface area contributed by atoms with Crippen LogP contribution in [0.25, 0.3) is 0 Å². The summed E-state index contributed by atoms with van der Waals surface area (Å²) in [5.74, 6) is -0.288. The van der Waals surface area contributed by atoms with Crippen molar-refractivity contribution in [2.45, 2.75) is 18.1 Å². The Labute approximate surface area is 88.2 Å². The van der Waals surface area contributed by atoms with Gasteiger partial charge in [-0.05, 0) is 12.8 Å². The Bertz CT molecular complexity index is 350. The maximum Gasteiger partial charge on any atom is 0.262 e. The van der Waals surface area contributed by atoms with Crippen LogP contribution >= 0.6 is 11.6 Å². The highest BCUT2D eigenvalue weighted by Crippen LogP contribution is 2.19. The summed E-state index contributed by atoms with van der Waals surface area (Å²) in [4.78, 5) is 11.0. The van der Waals surface area contributed by atoms with Gasteiger partial charge in [-0.15, -0.1) is 0 Å². The average molecular weight is 238 g/mol. The van der Waals surface area contributed by atoms with Crippen molar-refractivity contribution >= 4 is 27.3 Å². The average Bonchev–Trinajstić information content (AvgIpc) is 2.40. The standard InChI is InChI=1S/C8H12ClNO3S/c1-6(9)8(11)10-5-7-3-2-4-14(7,12)13/h7H,1-5H2,(H,10,11). The number of amides is 1. The summed E-state index contributed by atoms with van der Waals surface area (Å²) in [6.45, 7) is 3.37. The normalized spacial score (nSPS) is 24.5. The van der Waals surface area contributed by atoms with Crippen molar-refractivity contribution in [2.24, 2.45) is 0 Å². The van der Waals surface area contributed by atoms with Gasteiger partial charge >= 0.3 is 0 Å². The zero-order valence-corrected chi connectivity index (χ0v) is 9.20. The number of rotatable bonds is 3. The van der Waals surface area contributed by atoms with E-state index in [-0.39, 0.29) is 17.3 Å². The molecular formula is C8H12ClNO3S. The summed E-state index contributed by atoms with van der Waals surface area (Å²) in [5, 5.41) is 1.85. The lowest BCUT2D eigenvalue weighted by Crippen LogP contribution is -2.34. The quantitative estimate of drug-likeness (QED) is 0.725. The Kier molecular flexibility index (Phi) is 3.55. The van der Waals surface area contributed by atoms with Gasteiger partial charge in [-0.25, -0.2) is 8.42 Å². The predicted octanol–water partition coefficient (Wildman–Crippen LogP) is 0.432. The summed E-state index contributed by atoms with van der Waals surface area (Å²) in [6.07, 6.45) is 1.28. The van der Waals surface area contributed by atoms with Gasteiger partial charge in [0.25, 0.3) is 5.91 Å². The van der Waals surface area contributed by atoms with Gasteiger partial charge in [0, 0.05) is 6.54 Å². The lowest BCUT2D eigenvalue weighted by atomic mass is 10.2. The first-order valence-electron chi connectivity index (χ1n) is 4.27. The maximum absolute atomic E-state index is 11.3. The van der Waals surface area contributed by atoms with Crippen LogP contribution in [0.3, 0.4) is 0 Å². The Balaban J connectivity index is 2.47. The Morgan fingerprint density at radius 2 is 2.21 bits per heavy atom. The summed E-state index contributed by atoms with van der Waals surface area (Å²) in [6, 6.07) is 0. The van der Waals surface area contributed by atoms with Gasteiger partial charge in [0.1, 0.15) is 0 Å². The van der Waals surface area contributed by atoms with Crippen LogP contribution in [0.2, 0.25) is 0 Å². The first-order chi connectivity index (χ1) is 6.43. The van der Waals surface area contributed by atoms with Crippen molar-refractivity contribution in [3.05, 3.63) is 11.6 Å². The van der Waals surface area contributed by atoms with Gasteiger partial charge in [0.2, 0.25) is 0 Å². The van der Waals surface area contributed by atoms with Crippen LogP contribution in [0.15, 0.2) is 11.6 Å². The van der Waals surface area contributed by atoms with Crippen LogP contribution in [0.1, 0.15) is 12.8 Å². The van der Waals surface area contributed by atoms with Gasteiger partial charge in [0.15, 0.2) is 9.84 Å². The first kappa shape index (κ1) is 11.5. The molecule has 1 aliphatic heterocycles. The molecule has 1 saturated heterocycles. The van der Waals surface area contributed by atoms with E-state index in [0.717, 1.165) is 0 Å². The van der Waals surface area contributed by atoms with Gasteiger partial charge in [-0.2, -0.15) is 0 Å². The van der Waals surface area contributed by atoms with Gasteiger partial charge in [0.05, 0.1) is 16.0 Å². The second-order valence-corrected chi connectivity index (χ2v) is 6.10. The van der Waals surface area contributed by atoms with Crippen molar-refractivity contribution in [1.82, 2.24) is 5.32 Å². The van der Waals surface area contributed by atoms with E-state index in [0.29, 0.717) is 12.8 Å². The highest BCUT2D eigenvalue weighted by atomic mass is 35.5. The third-order valence-electron chi connectivity index (χ3n) is 2.20. The van der Waals surface area contributed by atoms with E-state index in [1.165, 1.54) is 0 Å². The van der Waals surface area contributed by atoms with E-state index in [2.05, 4.69) is 11.9 Å². The van der Waals surface area contributed by atoms with E-state index >= 15 is 0 Å². The fourth-order valence-electron chi connectivity index (χ4n) is 1.39. The minimum absolute atomic E-state index is 0.125. The third kappa shape index (κ3) is 2.72. The summed E-state index contributed by atoms with van der Waals surface area (Å²) >= 11 is 5.33. The van der Waals surface area contributed by atoms with Crippen molar-refractivity contribution in [3.8, 4) is 0 Å². The van der Waals surface area contributed by atoms with Crippen molar-refractivity contribution in [3.63, 3.8) is 0 Å². The topological polar surface area (TPSA) is 63.2 Å². The summed E-state index contributed by atoms with van der Waals surface area (Å²) < 4.78 is 22.7. The van der Waals surface area contributed by atoms with E-state index in [1.807, 2.05) is 0 Å². The molecule has 0 aromatic rings. The highest BCUT2D eigenvalue weighted by Gasteiger charge is 2.31. The second kappa shape index (κ2) is 4.31. The van der Waals surface area contributed by atoms with Gasteiger partial charge in [-0.1, -0.05) is 18.2 Å². The number of halogens is 1. The van der Waals surface area contributed by atoms with Crippen LogP contribution in [0, 0.1) is 0 Å². The minimum Gasteiger partial charge on any atom is -0.350 e. The van der Waals surface area contributed by atoms with Crippen LogP contribution in [-0.2, 0) is 14.6 Å². The zero-order chi connectivity index (χ0) is 10.8. The molecule has 1 N–H and O–H groups in total. The molecule has 0 aromatic carbocycles. The molecule has 1 heterocycles.